The van der Waals surface area contributed by atoms with Gasteiger partial charge < -0.3 is 0 Å². The molecule has 0 bridgehead atoms. The van der Waals surface area contributed by atoms with Crippen molar-refractivity contribution in [3.8, 4) is 11.1 Å². The Morgan fingerprint density at radius 3 is 2.22 bits per heavy atom. The number of nitrogens with one attached hydrogen (secondary N) is 1. The van der Waals surface area contributed by atoms with Crippen LogP contribution in [0.5, 0.6) is 0 Å². The number of nitrogens with zero attached hydrogens (tertiary/aromatic N) is 1. The zero-order valence-corrected chi connectivity index (χ0v) is 17.1. The third-order valence-corrected chi connectivity index (χ3v) is 5.68. The Morgan fingerprint density at radius 1 is 0.963 bits per heavy atom. The van der Waals surface area contributed by atoms with Crippen LogP contribution in [0.4, 0.5) is 0 Å². The Bertz CT molecular complexity index is 1150. The molecule has 1 aliphatic carbocycles. The van der Waals surface area contributed by atoms with Crippen LogP contribution in [-0.4, -0.2) is 26.8 Å². The molecule has 27 heavy (non-hydrogen) atoms. The van der Waals surface area contributed by atoms with Gasteiger partial charge >= 0.3 is 123 Å². The van der Waals surface area contributed by atoms with E-state index in [1.807, 2.05) is 12.1 Å². The number of fused-ring (bicyclic) bond motifs is 2. The molecule has 4 aromatic rings. The van der Waals surface area contributed by atoms with Crippen molar-refractivity contribution in [2.24, 2.45) is 0 Å². The largest absolute Gasteiger partial charge is 0.0620 e. The molecule has 5 rings (SSSR count). The third-order valence-electron chi connectivity index (χ3n) is 4.71. The number of rotatable bonds is 1. The Labute approximate surface area is 170 Å². The van der Waals surface area contributed by atoms with E-state index in [4.69, 9.17) is 11.6 Å². The first-order chi connectivity index (χ1) is 13.1. The SMILES string of the molecule is O=c1c(-c2ccc(Cl)cc2)c[nH]c2ccnc([As])c12.c1ccc2c(c1)CC2. The number of aromatic nitrogens is 2. The number of aromatic amines is 1. The monoisotopic (exact) mass is 434 g/mol. The average molecular weight is 435 g/mol. The van der Waals surface area contributed by atoms with Crippen molar-refractivity contribution in [2.75, 3.05) is 0 Å². The normalized spacial score (nSPS) is 11.9. The molecule has 0 unspecified atom stereocenters. The van der Waals surface area contributed by atoms with Crippen LogP contribution < -0.4 is 9.91 Å². The Morgan fingerprint density at radius 2 is 1.63 bits per heavy atom. The van der Waals surface area contributed by atoms with Crippen LogP contribution in [0.25, 0.3) is 22.0 Å². The van der Waals surface area contributed by atoms with E-state index in [9.17, 15) is 4.79 Å². The summed E-state index contributed by atoms with van der Waals surface area (Å²) in [6, 6.07) is 17.6. The second-order valence-corrected chi connectivity index (χ2v) is 7.69. The summed E-state index contributed by atoms with van der Waals surface area (Å²) in [6.07, 6.45) is 6.00. The molecule has 1 N–H and O–H groups in total. The molecule has 0 amide bonds. The fraction of sp³-hybridized carbons (Fsp3) is 0.0909. The van der Waals surface area contributed by atoms with Gasteiger partial charge in [0, 0.05) is 0 Å². The van der Waals surface area contributed by atoms with Gasteiger partial charge in [0.15, 0.2) is 0 Å². The van der Waals surface area contributed by atoms with Crippen LogP contribution in [-0.2, 0) is 12.8 Å². The van der Waals surface area contributed by atoms with Crippen molar-refractivity contribution in [1.29, 1.82) is 0 Å². The van der Waals surface area contributed by atoms with E-state index in [2.05, 4.69) is 51.1 Å². The number of H-pyrrole nitrogens is 1. The molecule has 0 fully saturated rings. The van der Waals surface area contributed by atoms with Crippen LogP contribution in [0.15, 0.2) is 71.8 Å². The van der Waals surface area contributed by atoms with Crippen LogP contribution >= 0.6 is 11.6 Å². The smallest absolute Gasteiger partial charge is 0.0235 e. The summed E-state index contributed by atoms with van der Waals surface area (Å²) in [5.74, 6) is 0. The maximum Gasteiger partial charge on any atom is -0.0235 e. The van der Waals surface area contributed by atoms with Gasteiger partial charge in [0.05, 0.1) is 0 Å². The van der Waals surface area contributed by atoms with E-state index in [1.54, 1.807) is 41.7 Å². The molecule has 1 aliphatic rings. The summed E-state index contributed by atoms with van der Waals surface area (Å²) in [4.78, 5) is 19.8. The number of benzene rings is 2. The fourth-order valence-electron chi connectivity index (χ4n) is 3.13. The first-order valence-corrected chi connectivity index (χ1v) is 9.97. The molecular formula is C22H16AsClN2O. The average Bonchev–Trinajstić information content (AvgIpc) is 2.65. The number of aryl methyl sites for hydroxylation is 2. The molecule has 2 heterocycles. The minimum Gasteiger partial charge on any atom is -0.0620 e. The van der Waals surface area contributed by atoms with Crippen LogP contribution in [0.3, 0.4) is 0 Å². The summed E-state index contributed by atoms with van der Waals surface area (Å²) in [5, 5.41) is 1.26. The molecule has 0 aliphatic heterocycles. The van der Waals surface area contributed by atoms with Crippen molar-refractivity contribution >= 4 is 43.8 Å². The predicted octanol–water partition coefficient (Wildman–Crippen LogP) is 3.82. The van der Waals surface area contributed by atoms with E-state index in [-0.39, 0.29) is 5.43 Å². The first-order valence-electron chi connectivity index (χ1n) is 8.65. The van der Waals surface area contributed by atoms with Crippen molar-refractivity contribution in [3.05, 3.63) is 93.4 Å². The van der Waals surface area contributed by atoms with Gasteiger partial charge in [-0.3, -0.25) is 0 Å². The van der Waals surface area contributed by atoms with Gasteiger partial charge in [0.25, 0.3) is 0 Å². The van der Waals surface area contributed by atoms with Crippen molar-refractivity contribution in [1.82, 2.24) is 9.97 Å². The van der Waals surface area contributed by atoms with E-state index in [0.29, 0.717) is 20.5 Å². The number of hydrogen-bond acceptors (Lipinski definition) is 2. The summed E-state index contributed by atoms with van der Waals surface area (Å²) < 4.78 is 0.669. The fourth-order valence-corrected chi connectivity index (χ4v) is 3.86. The zero-order chi connectivity index (χ0) is 18.8. The van der Waals surface area contributed by atoms with Crippen molar-refractivity contribution < 1.29 is 0 Å². The van der Waals surface area contributed by atoms with Gasteiger partial charge in [-0.1, -0.05) is 24.3 Å². The maximum absolute atomic E-state index is 12.5. The molecule has 132 valence electrons. The van der Waals surface area contributed by atoms with E-state index in [0.717, 1.165) is 11.1 Å². The van der Waals surface area contributed by atoms with Crippen LogP contribution in [0.2, 0.25) is 5.02 Å². The van der Waals surface area contributed by atoms with E-state index < -0.39 is 0 Å². The predicted molar refractivity (Wildman–Crippen MR) is 112 cm³/mol. The number of pyridine rings is 2. The molecular weight excluding hydrogens is 419 g/mol. The molecule has 3 nitrogen and oxygen atoms in total. The van der Waals surface area contributed by atoms with Gasteiger partial charge in [-0.15, -0.1) is 0 Å². The molecule has 0 atom stereocenters. The maximum atomic E-state index is 12.5. The van der Waals surface area contributed by atoms with Gasteiger partial charge in [0.2, 0.25) is 0 Å². The zero-order valence-electron chi connectivity index (χ0n) is 14.4. The minimum absolute atomic E-state index is 0.0280. The quantitative estimate of drug-likeness (QED) is 0.463. The van der Waals surface area contributed by atoms with E-state index in [1.165, 1.54) is 12.8 Å². The third kappa shape index (κ3) is 3.71. The first kappa shape index (κ1) is 18.0. The second-order valence-electron chi connectivity index (χ2n) is 6.36. The Hall–Kier alpha value is -2.35. The van der Waals surface area contributed by atoms with Crippen LogP contribution in [0, 0.1) is 0 Å². The van der Waals surface area contributed by atoms with Gasteiger partial charge in [-0.2, -0.15) is 0 Å². The van der Waals surface area contributed by atoms with Crippen molar-refractivity contribution in [2.45, 2.75) is 12.8 Å². The minimum atomic E-state index is -0.0280. The second kappa shape index (κ2) is 7.72. The number of hydrogen-bond donors (Lipinski definition) is 1. The summed E-state index contributed by atoms with van der Waals surface area (Å²) in [7, 11) is 0. The van der Waals surface area contributed by atoms with Gasteiger partial charge in [-0.05, 0) is 24.0 Å². The molecule has 2 aromatic heterocycles. The topological polar surface area (TPSA) is 45.8 Å². The standard InChI is InChI=1S/C14H8AsClN2O.C8H8/c15-14-12-11(5-6-17-14)18-7-10(13(12)19)8-1-3-9(16)4-2-8;1-2-4-8-6-5-7(8)3-1/h1-7H,(H,18,19);1-4H,5-6H2. The Balaban J connectivity index is 0.000000186. The molecule has 5 heteroatoms. The molecule has 0 saturated heterocycles. The Kier molecular flexibility index (Phi) is 5.15. The van der Waals surface area contributed by atoms with Gasteiger partial charge in [0.1, 0.15) is 0 Å². The van der Waals surface area contributed by atoms with Crippen LogP contribution in [0.1, 0.15) is 11.1 Å². The van der Waals surface area contributed by atoms with Crippen molar-refractivity contribution in [3.63, 3.8) is 0 Å². The molecule has 0 saturated carbocycles. The molecule has 2 radical (unpaired) electrons. The summed E-state index contributed by atoms with van der Waals surface area (Å²) >= 11 is 8.19. The van der Waals surface area contributed by atoms with Gasteiger partial charge in [-0.25, -0.2) is 0 Å². The summed E-state index contributed by atoms with van der Waals surface area (Å²) in [5.41, 5.74) is 5.31. The summed E-state index contributed by atoms with van der Waals surface area (Å²) in [6.45, 7) is 0. The number of halogens is 1. The molecule has 2 aromatic carbocycles. The van der Waals surface area contributed by atoms with E-state index >= 15 is 0 Å². The molecule has 0 spiro atoms.